The van der Waals surface area contributed by atoms with Gasteiger partial charge in [0, 0.05) is 25.2 Å². The lowest BCUT2D eigenvalue weighted by molar-refractivity contribution is -0.128. The molecule has 0 radical (unpaired) electrons. The molecule has 0 saturated carbocycles. The number of aromatic nitrogens is 3. The van der Waals surface area contributed by atoms with Crippen molar-refractivity contribution >= 4 is 17.7 Å². The van der Waals surface area contributed by atoms with E-state index < -0.39 is 5.25 Å². The van der Waals surface area contributed by atoms with Gasteiger partial charge in [0.2, 0.25) is 11.1 Å². The number of carbonyl (C=O) groups is 1. The highest BCUT2D eigenvalue weighted by molar-refractivity contribution is 8.00. The Bertz CT molecular complexity index is 1150. The van der Waals surface area contributed by atoms with Crippen molar-refractivity contribution < 1.29 is 4.79 Å². The lowest BCUT2D eigenvalue weighted by Crippen LogP contribution is -2.26. The van der Waals surface area contributed by atoms with Crippen LogP contribution in [0.5, 0.6) is 0 Å². The van der Waals surface area contributed by atoms with Crippen molar-refractivity contribution in [2.75, 3.05) is 14.1 Å². The molecule has 1 atom stereocenters. The predicted molar refractivity (Wildman–Crippen MR) is 124 cm³/mol. The Morgan fingerprint density at radius 3 is 1.81 bits per heavy atom. The van der Waals surface area contributed by atoms with Gasteiger partial charge in [0.15, 0.2) is 0 Å². The molecular weight excluding hydrogens is 404 g/mol. The fourth-order valence-corrected chi connectivity index (χ4v) is 4.23. The van der Waals surface area contributed by atoms with Gasteiger partial charge in [-0.2, -0.15) is 0 Å². The summed E-state index contributed by atoms with van der Waals surface area (Å²) in [6.07, 6.45) is 0. The Labute approximate surface area is 186 Å². The van der Waals surface area contributed by atoms with E-state index >= 15 is 0 Å². The highest BCUT2D eigenvalue weighted by Crippen LogP contribution is 2.36. The van der Waals surface area contributed by atoms with Crippen molar-refractivity contribution in [3.63, 3.8) is 0 Å². The molecule has 0 saturated heterocycles. The molecule has 1 aromatic heterocycles. The largest absolute Gasteiger partial charge is 0.348 e. The molecule has 0 aliphatic rings. The first-order valence-electron chi connectivity index (χ1n) is 9.92. The molecule has 154 valence electrons. The second-order valence-electron chi connectivity index (χ2n) is 7.16. The molecule has 1 amide bonds. The molecule has 0 N–H and O–H groups in total. The number of hydrogen-bond acceptors (Lipinski definition) is 5. The summed E-state index contributed by atoms with van der Waals surface area (Å²) in [7, 11) is 3.51. The Balaban J connectivity index is 1.77. The van der Waals surface area contributed by atoms with E-state index in [0.29, 0.717) is 10.9 Å². The molecule has 6 heteroatoms. The zero-order valence-corrected chi connectivity index (χ0v) is 18.2. The molecule has 0 unspecified atom stereocenters. The SMILES string of the molecule is CN(C)C(=O)[C@H](Sc1nnc(-c2ccccc2)c(-c2ccccc2)n1)c1ccccc1. The van der Waals surface area contributed by atoms with E-state index in [2.05, 4.69) is 10.2 Å². The van der Waals surface area contributed by atoms with Gasteiger partial charge in [-0.05, 0) is 5.56 Å². The van der Waals surface area contributed by atoms with E-state index in [1.165, 1.54) is 11.8 Å². The zero-order chi connectivity index (χ0) is 21.6. The summed E-state index contributed by atoms with van der Waals surface area (Å²) in [4.78, 5) is 19.4. The van der Waals surface area contributed by atoms with Gasteiger partial charge in [-0.15, -0.1) is 10.2 Å². The molecule has 0 spiro atoms. The quantitative estimate of drug-likeness (QED) is 0.400. The lowest BCUT2D eigenvalue weighted by atomic mass is 10.0. The van der Waals surface area contributed by atoms with Crippen LogP contribution in [0.25, 0.3) is 22.5 Å². The third kappa shape index (κ3) is 4.81. The van der Waals surface area contributed by atoms with Gasteiger partial charge in [-0.3, -0.25) is 4.79 Å². The van der Waals surface area contributed by atoms with Gasteiger partial charge in [-0.1, -0.05) is 103 Å². The number of amides is 1. The number of likely N-dealkylation sites (N-methyl/N-ethyl adjacent to an activating group) is 1. The summed E-state index contributed by atoms with van der Waals surface area (Å²) in [5, 5.41) is 8.90. The van der Waals surface area contributed by atoms with Gasteiger partial charge in [-0.25, -0.2) is 4.98 Å². The molecule has 1 heterocycles. The normalized spacial score (nSPS) is 11.7. The Morgan fingerprint density at radius 2 is 1.26 bits per heavy atom. The second-order valence-corrected chi connectivity index (χ2v) is 8.24. The van der Waals surface area contributed by atoms with Crippen molar-refractivity contribution in [2.45, 2.75) is 10.4 Å². The Hall–Kier alpha value is -3.51. The van der Waals surface area contributed by atoms with Crippen molar-refractivity contribution in [2.24, 2.45) is 0 Å². The van der Waals surface area contributed by atoms with Crippen LogP contribution in [0, 0.1) is 0 Å². The second kappa shape index (κ2) is 9.53. The maximum absolute atomic E-state index is 12.9. The molecule has 4 rings (SSSR count). The third-order valence-corrected chi connectivity index (χ3v) is 5.85. The monoisotopic (exact) mass is 426 g/mol. The molecule has 0 fully saturated rings. The van der Waals surface area contributed by atoms with Crippen LogP contribution in [0.2, 0.25) is 0 Å². The van der Waals surface area contributed by atoms with Crippen LogP contribution in [0.3, 0.4) is 0 Å². The summed E-state index contributed by atoms with van der Waals surface area (Å²) >= 11 is 1.32. The average Bonchev–Trinajstić information content (AvgIpc) is 2.83. The van der Waals surface area contributed by atoms with E-state index in [1.807, 2.05) is 91.0 Å². The van der Waals surface area contributed by atoms with Crippen molar-refractivity contribution in [3.05, 3.63) is 96.6 Å². The fourth-order valence-electron chi connectivity index (χ4n) is 3.18. The van der Waals surface area contributed by atoms with Gasteiger partial charge in [0.25, 0.3) is 0 Å². The number of hydrogen-bond donors (Lipinski definition) is 0. The van der Waals surface area contributed by atoms with Crippen molar-refractivity contribution in [3.8, 4) is 22.5 Å². The Morgan fingerprint density at radius 1 is 0.742 bits per heavy atom. The number of benzene rings is 3. The Kier molecular flexibility index (Phi) is 6.38. The smallest absolute Gasteiger partial charge is 0.240 e. The first kappa shape index (κ1) is 20.8. The molecule has 3 aromatic carbocycles. The fraction of sp³-hybridized carbons (Fsp3) is 0.120. The minimum Gasteiger partial charge on any atom is -0.348 e. The topological polar surface area (TPSA) is 59.0 Å². The van der Waals surface area contributed by atoms with Gasteiger partial charge in [0.1, 0.15) is 16.6 Å². The number of carbonyl (C=O) groups excluding carboxylic acids is 1. The van der Waals surface area contributed by atoms with Gasteiger partial charge >= 0.3 is 0 Å². The van der Waals surface area contributed by atoms with Crippen molar-refractivity contribution in [1.29, 1.82) is 0 Å². The number of nitrogens with zero attached hydrogens (tertiary/aromatic N) is 4. The molecular formula is C25H22N4OS. The highest BCUT2D eigenvalue weighted by atomic mass is 32.2. The molecule has 0 aliphatic heterocycles. The van der Waals surface area contributed by atoms with Crippen LogP contribution in [0.4, 0.5) is 0 Å². The van der Waals surface area contributed by atoms with E-state index in [4.69, 9.17) is 4.98 Å². The van der Waals surface area contributed by atoms with Crippen LogP contribution < -0.4 is 0 Å². The summed E-state index contributed by atoms with van der Waals surface area (Å²) in [5.74, 6) is -0.0202. The maximum atomic E-state index is 12.9. The molecule has 0 aliphatic carbocycles. The zero-order valence-electron chi connectivity index (χ0n) is 17.3. The first-order valence-corrected chi connectivity index (χ1v) is 10.8. The predicted octanol–water partition coefficient (Wildman–Crippen LogP) is 5.13. The summed E-state index contributed by atoms with van der Waals surface area (Å²) in [6.45, 7) is 0. The minimum absolute atomic E-state index is 0.0202. The molecule has 0 bridgehead atoms. The first-order chi connectivity index (χ1) is 15.1. The van der Waals surface area contributed by atoms with Gasteiger partial charge < -0.3 is 4.90 Å². The van der Waals surface area contributed by atoms with E-state index in [9.17, 15) is 4.79 Å². The van der Waals surface area contributed by atoms with Gasteiger partial charge in [0.05, 0.1) is 0 Å². The maximum Gasteiger partial charge on any atom is 0.240 e. The summed E-state index contributed by atoms with van der Waals surface area (Å²) < 4.78 is 0. The molecule has 4 aromatic rings. The summed E-state index contributed by atoms with van der Waals surface area (Å²) in [6, 6.07) is 29.5. The molecule has 31 heavy (non-hydrogen) atoms. The lowest BCUT2D eigenvalue weighted by Gasteiger charge is -2.20. The van der Waals surface area contributed by atoms with Crippen LogP contribution in [-0.4, -0.2) is 40.1 Å². The number of thioether (sulfide) groups is 1. The molecule has 5 nitrogen and oxygen atoms in total. The number of rotatable bonds is 6. The van der Waals surface area contributed by atoms with Crippen LogP contribution in [-0.2, 0) is 4.79 Å². The third-order valence-electron chi connectivity index (χ3n) is 4.75. The minimum atomic E-state index is -0.454. The van der Waals surface area contributed by atoms with E-state index in [-0.39, 0.29) is 5.91 Å². The van der Waals surface area contributed by atoms with Crippen LogP contribution in [0.1, 0.15) is 10.8 Å². The average molecular weight is 427 g/mol. The van der Waals surface area contributed by atoms with Crippen LogP contribution in [0.15, 0.2) is 96.2 Å². The van der Waals surface area contributed by atoms with E-state index in [0.717, 1.165) is 22.4 Å². The van der Waals surface area contributed by atoms with Crippen molar-refractivity contribution in [1.82, 2.24) is 20.1 Å². The standard InChI is InChI=1S/C25H22N4OS/c1-29(2)24(30)23(20-16-10-5-11-17-20)31-25-26-21(18-12-6-3-7-13-18)22(27-28-25)19-14-8-4-9-15-19/h3-17,23H,1-2H3/t23-/m1/s1. The summed E-state index contributed by atoms with van der Waals surface area (Å²) in [5.41, 5.74) is 4.26. The van der Waals surface area contributed by atoms with E-state index in [1.54, 1.807) is 19.0 Å². The highest BCUT2D eigenvalue weighted by Gasteiger charge is 2.26. The van der Waals surface area contributed by atoms with Crippen LogP contribution >= 0.6 is 11.8 Å².